The molecule has 0 aromatic carbocycles. The number of carboxylic acids is 1. The zero-order chi connectivity index (χ0) is 27.6. The third kappa shape index (κ3) is 4.23. The lowest BCUT2D eigenvalue weighted by molar-refractivity contribution is -0.168. The summed E-state index contributed by atoms with van der Waals surface area (Å²) < 4.78 is 5.76. The standard InChI is InChI=1S/C32H48O5/c1-19(2)10-9-11-21(28(35)36)22-12-17-32(8)27-23(13-16-31(22,32)7)30(6)15-14-26(37-20(3)33)29(4,5)25(30)18-24(27)34/h10,21-22,25-26H,9,11-18H2,1-8H3,(H,35,36)/t21-,22-,25-,26+,30+,31-,32+/m0/s1. The van der Waals surface area contributed by atoms with E-state index in [0.29, 0.717) is 12.8 Å². The van der Waals surface area contributed by atoms with E-state index in [9.17, 15) is 19.5 Å². The molecule has 2 fully saturated rings. The first-order valence-electron chi connectivity index (χ1n) is 14.4. The predicted molar refractivity (Wildman–Crippen MR) is 145 cm³/mol. The maximum Gasteiger partial charge on any atom is 0.306 e. The summed E-state index contributed by atoms with van der Waals surface area (Å²) in [6, 6.07) is 0. The number of rotatable bonds is 6. The van der Waals surface area contributed by atoms with E-state index in [2.05, 4.69) is 54.5 Å². The summed E-state index contributed by atoms with van der Waals surface area (Å²) in [5.74, 6) is -0.872. The Kier molecular flexibility index (Phi) is 7.12. The van der Waals surface area contributed by atoms with Gasteiger partial charge in [0.2, 0.25) is 0 Å². The highest BCUT2D eigenvalue weighted by molar-refractivity contribution is 5.99. The van der Waals surface area contributed by atoms with E-state index >= 15 is 0 Å². The average molecular weight is 513 g/mol. The smallest absolute Gasteiger partial charge is 0.306 e. The molecule has 0 amide bonds. The molecule has 0 radical (unpaired) electrons. The molecule has 2 saturated carbocycles. The van der Waals surface area contributed by atoms with Crippen LogP contribution in [0.3, 0.4) is 0 Å². The van der Waals surface area contributed by atoms with Crippen molar-refractivity contribution in [2.24, 2.45) is 39.4 Å². The van der Waals surface area contributed by atoms with Crippen LogP contribution in [-0.4, -0.2) is 28.9 Å². The lowest BCUT2D eigenvalue weighted by atomic mass is 9.43. The van der Waals surface area contributed by atoms with Crippen LogP contribution >= 0.6 is 0 Å². The fraction of sp³-hybridized carbons (Fsp3) is 0.781. The Hall–Kier alpha value is -1.91. The maximum atomic E-state index is 14.1. The van der Waals surface area contributed by atoms with Gasteiger partial charge in [-0.15, -0.1) is 0 Å². The lowest BCUT2D eigenvalue weighted by Crippen LogP contribution is -2.57. The number of carbonyl (C=O) groups is 3. The van der Waals surface area contributed by atoms with E-state index in [0.717, 1.165) is 50.5 Å². The number of hydrogen-bond donors (Lipinski definition) is 1. The third-order valence-electron chi connectivity index (χ3n) is 11.7. The molecule has 0 aromatic rings. The Labute approximate surface area is 223 Å². The van der Waals surface area contributed by atoms with Crippen LogP contribution in [0.15, 0.2) is 22.8 Å². The van der Waals surface area contributed by atoms with E-state index in [1.807, 2.05) is 0 Å². The Morgan fingerprint density at radius 3 is 2.32 bits per heavy atom. The Morgan fingerprint density at radius 1 is 1.05 bits per heavy atom. The van der Waals surface area contributed by atoms with Crippen LogP contribution in [0, 0.1) is 39.4 Å². The van der Waals surface area contributed by atoms with Crippen LogP contribution in [0.2, 0.25) is 0 Å². The predicted octanol–water partition coefficient (Wildman–Crippen LogP) is 7.29. The Morgan fingerprint density at radius 2 is 1.73 bits per heavy atom. The summed E-state index contributed by atoms with van der Waals surface area (Å²) in [4.78, 5) is 38.4. The van der Waals surface area contributed by atoms with Gasteiger partial charge < -0.3 is 9.84 Å². The van der Waals surface area contributed by atoms with Gasteiger partial charge in [-0.1, -0.05) is 51.8 Å². The highest BCUT2D eigenvalue weighted by Gasteiger charge is 2.66. The van der Waals surface area contributed by atoms with Crippen molar-refractivity contribution in [1.29, 1.82) is 0 Å². The van der Waals surface area contributed by atoms with Crippen molar-refractivity contribution >= 4 is 17.7 Å². The summed E-state index contributed by atoms with van der Waals surface area (Å²) in [5, 5.41) is 10.3. The second-order valence-corrected chi connectivity index (χ2v) is 14.1. The molecule has 0 heterocycles. The molecule has 5 nitrogen and oxygen atoms in total. The molecule has 0 aromatic heterocycles. The maximum absolute atomic E-state index is 14.1. The molecule has 4 aliphatic carbocycles. The van der Waals surface area contributed by atoms with Crippen molar-refractivity contribution < 1.29 is 24.2 Å². The van der Waals surface area contributed by atoms with Gasteiger partial charge in [0.1, 0.15) is 6.10 Å². The number of aliphatic carboxylic acids is 1. The number of Topliss-reactive ketones (excluding diaryl/α,β-unsaturated/α-hetero) is 1. The molecular formula is C32H48O5. The largest absolute Gasteiger partial charge is 0.481 e. The molecule has 1 N–H and O–H groups in total. The van der Waals surface area contributed by atoms with Gasteiger partial charge >= 0.3 is 11.9 Å². The first-order chi connectivity index (χ1) is 17.1. The van der Waals surface area contributed by atoms with Crippen LogP contribution in [0.1, 0.15) is 113 Å². The number of hydrogen-bond acceptors (Lipinski definition) is 4. The van der Waals surface area contributed by atoms with Gasteiger partial charge in [0, 0.05) is 29.7 Å². The Bertz CT molecular complexity index is 1050. The van der Waals surface area contributed by atoms with Gasteiger partial charge in [-0.25, -0.2) is 0 Å². The van der Waals surface area contributed by atoms with E-state index in [1.54, 1.807) is 0 Å². The fourth-order valence-electron chi connectivity index (χ4n) is 9.48. The molecule has 37 heavy (non-hydrogen) atoms. The number of carboxylic acid groups (broad SMARTS) is 1. The number of carbonyl (C=O) groups excluding carboxylic acids is 2. The zero-order valence-corrected chi connectivity index (χ0v) is 24.3. The highest BCUT2D eigenvalue weighted by atomic mass is 16.5. The minimum atomic E-state index is -0.690. The first-order valence-corrected chi connectivity index (χ1v) is 14.4. The minimum absolute atomic E-state index is 0.0732. The van der Waals surface area contributed by atoms with Gasteiger partial charge in [-0.3, -0.25) is 14.4 Å². The first kappa shape index (κ1) is 28.1. The molecule has 0 saturated heterocycles. The summed E-state index contributed by atoms with van der Waals surface area (Å²) in [6.07, 6.45) is 9.18. The molecule has 7 atom stereocenters. The molecule has 4 rings (SSSR count). The van der Waals surface area contributed by atoms with Gasteiger partial charge in [0.05, 0.1) is 5.92 Å². The molecule has 0 bridgehead atoms. The molecule has 0 aliphatic heterocycles. The second-order valence-electron chi connectivity index (χ2n) is 14.1. The number of allylic oxidation sites excluding steroid dienone is 4. The molecule has 206 valence electrons. The third-order valence-corrected chi connectivity index (χ3v) is 11.7. The number of fused-ring (bicyclic) bond motifs is 4. The zero-order valence-electron chi connectivity index (χ0n) is 24.3. The van der Waals surface area contributed by atoms with E-state index < -0.39 is 5.97 Å². The SMILES string of the molecule is CC(=O)O[C@@H]1CC[C@]2(C)C3=C(C(=O)C[C@H]2C1(C)C)[C@@]1(C)CC[C@@H]([C@H](CCC=C(C)C)C(=O)O)[C@]1(C)CC3. The average Bonchev–Trinajstić information content (AvgIpc) is 3.05. The summed E-state index contributed by atoms with van der Waals surface area (Å²) >= 11 is 0. The quantitative estimate of drug-likeness (QED) is 0.298. The topological polar surface area (TPSA) is 80.7 Å². The van der Waals surface area contributed by atoms with Gasteiger partial charge in [0.25, 0.3) is 0 Å². The van der Waals surface area contributed by atoms with E-state index in [-0.39, 0.29) is 57.3 Å². The number of ketones is 1. The summed E-state index contributed by atoms with van der Waals surface area (Å²) in [7, 11) is 0. The summed E-state index contributed by atoms with van der Waals surface area (Å²) in [5.41, 5.74) is 2.72. The van der Waals surface area contributed by atoms with Crippen molar-refractivity contribution in [3.05, 3.63) is 22.8 Å². The molecule has 4 aliphatic rings. The highest BCUT2D eigenvalue weighted by Crippen LogP contribution is 2.72. The summed E-state index contributed by atoms with van der Waals surface area (Å²) in [6.45, 7) is 16.8. The van der Waals surface area contributed by atoms with Crippen LogP contribution in [0.25, 0.3) is 0 Å². The van der Waals surface area contributed by atoms with Crippen LogP contribution in [0.5, 0.6) is 0 Å². The van der Waals surface area contributed by atoms with E-state index in [4.69, 9.17) is 4.74 Å². The van der Waals surface area contributed by atoms with Gasteiger partial charge in [0.15, 0.2) is 5.78 Å². The molecule has 0 spiro atoms. The Balaban J connectivity index is 1.72. The monoisotopic (exact) mass is 512 g/mol. The molecular weight excluding hydrogens is 464 g/mol. The van der Waals surface area contributed by atoms with Crippen molar-refractivity contribution in [3.8, 4) is 0 Å². The van der Waals surface area contributed by atoms with Crippen LogP contribution in [-0.2, 0) is 19.1 Å². The van der Waals surface area contributed by atoms with Crippen molar-refractivity contribution in [1.82, 2.24) is 0 Å². The number of esters is 1. The van der Waals surface area contributed by atoms with Crippen LogP contribution < -0.4 is 0 Å². The normalized spacial score (nSPS) is 39.2. The number of ether oxygens (including phenoxy) is 1. The molecule has 0 unspecified atom stereocenters. The van der Waals surface area contributed by atoms with Crippen molar-refractivity contribution in [3.63, 3.8) is 0 Å². The van der Waals surface area contributed by atoms with Crippen molar-refractivity contribution in [2.45, 2.75) is 119 Å². The van der Waals surface area contributed by atoms with Gasteiger partial charge in [-0.05, 0) is 87.9 Å². The molecule has 5 heteroatoms. The van der Waals surface area contributed by atoms with Gasteiger partial charge in [-0.2, -0.15) is 0 Å². The minimum Gasteiger partial charge on any atom is -0.481 e. The lowest BCUT2D eigenvalue weighted by Gasteiger charge is -2.61. The van der Waals surface area contributed by atoms with E-state index in [1.165, 1.54) is 18.1 Å². The fourth-order valence-corrected chi connectivity index (χ4v) is 9.48. The second kappa shape index (κ2) is 9.38. The van der Waals surface area contributed by atoms with Crippen molar-refractivity contribution in [2.75, 3.05) is 0 Å². The van der Waals surface area contributed by atoms with Crippen LogP contribution in [0.4, 0.5) is 0 Å².